The number of aryl methyl sites for hydroxylation is 1. The Hall–Kier alpha value is -3.49. The number of phenols is 2. The summed E-state index contributed by atoms with van der Waals surface area (Å²) >= 11 is 6.14. The minimum Gasteiger partial charge on any atom is -0.504 e. The predicted octanol–water partition coefficient (Wildman–Crippen LogP) is 3.63. The maximum atomic E-state index is 13.5. The lowest BCUT2D eigenvalue weighted by molar-refractivity contribution is -0.00716. The molecule has 1 aliphatic rings. The van der Waals surface area contributed by atoms with Crippen molar-refractivity contribution in [3.05, 3.63) is 79.6 Å². The molecule has 4 aromatic rings. The molecule has 0 bridgehead atoms. The zero-order valence-electron chi connectivity index (χ0n) is 19.2. The molecular weight excluding hydrogens is 458 g/mol. The van der Waals surface area contributed by atoms with Crippen LogP contribution in [0.4, 0.5) is 0 Å². The molecule has 176 valence electrons. The average molecular weight is 482 g/mol. The fraction of sp³-hybridized carbons (Fsp3) is 0.280. The van der Waals surface area contributed by atoms with Gasteiger partial charge in [0.25, 0.3) is 5.56 Å². The number of ether oxygens (including phenoxy) is 1. The predicted molar refractivity (Wildman–Crippen MR) is 130 cm³/mol. The van der Waals surface area contributed by atoms with Crippen molar-refractivity contribution in [1.29, 1.82) is 0 Å². The van der Waals surface area contributed by atoms with Crippen LogP contribution >= 0.6 is 11.6 Å². The van der Waals surface area contributed by atoms with Crippen molar-refractivity contribution in [3.8, 4) is 22.8 Å². The molecule has 9 heteroatoms. The van der Waals surface area contributed by atoms with Gasteiger partial charge in [0.2, 0.25) is 0 Å². The van der Waals surface area contributed by atoms with E-state index in [-0.39, 0.29) is 11.5 Å². The molecule has 2 aromatic heterocycles. The summed E-state index contributed by atoms with van der Waals surface area (Å²) in [6, 6.07) is 11.7. The van der Waals surface area contributed by atoms with Gasteiger partial charge in [-0.3, -0.25) is 13.9 Å². The Labute approximate surface area is 199 Å². The number of halogens is 1. The number of nitrogens with zero attached hydrogens (tertiary/aromatic N) is 3. The number of benzene rings is 2. The third-order valence-electron chi connectivity index (χ3n) is 6.49. The quantitative estimate of drug-likeness (QED) is 0.426. The van der Waals surface area contributed by atoms with Gasteiger partial charge in [-0.1, -0.05) is 29.8 Å². The van der Waals surface area contributed by atoms with E-state index in [2.05, 4.69) is 4.57 Å². The molecule has 0 aliphatic carbocycles. The fourth-order valence-electron chi connectivity index (χ4n) is 4.84. The number of fused-ring (bicyclic) bond motifs is 3. The van der Waals surface area contributed by atoms with Crippen LogP contribution in [0.25, 0.3) is 22.2 Å². The van der Waals surface area contributed by atoms with Crippen LogP contribution in [0.5, 0.6) is 11.5 Å². The molecule has 1 aliphatic heterocycles. The summed E-state index contributed by atoms with van der Waals surface area (Å²) in [6.45, 7) is 4.31. The minimum atomic E-state index is -0.694. The third kappa shape index (κ3) is 3.09. The molecule has 0 radical (unpaired) electrons. The standard InChI is InChI=1S/C25H24ClN3O5/c1-25(2)12-34-22(14-7-10-16(30)17(31)11-14)21-20-18(23(32)28(4)24(33)27(20)3)19(29(21)25)13-5-8-15(26)9-6-13/h5-11,22,30-31H,12H2,1-4H3/t22-/m1/s1. The Kier molecular flexibility index (Phi) is 4.93. The van der Waals surface area contributed by atoms with Crippen LogP contribution in [-0.2, 0) is 24.4 Å². The van der Waals surface area contributed by atoms with Gasteiger partial charge in [0.1, 0.15) is 6.10 Å². The van der Waals surface area contributed by atoms with Crippen molar-refractivity contribution < 1.29 is 14.9 Å². The first-order chi connectivity index (χ1) is 16.0. The second kappa shape index (κ2) is 7.51. The Morgan fingerprint density at radius 3 is 2.32 bits per heavy atom. The number of hydrogen-bond donors (Lipinski definition) is 2. The van der Waals surface area contributed by atoms with Crippen LogP contribution in [0.15, 0.2) is 52.1 Å². The molecule has 0 spiro atoms. The summed E-state index contributed by atoms with van der Waals surface area (Å²) in [5.41, 5.74) is 1.68. The molecule has 0 saturated carbocycles. The highest BCUT2D eigenvalue weighted by Crippen LogP contribution is 2.46. The minimum absolute atomic E-state index is 0.247. The van der Waals surface area contributed by atoms with E-state index in [4.69, 9.17) is 16.3 Å². The van der Waals surface area contributed by atoms with Crippen molar-refractivity contribution in [2.45, 2.75) is 25.5 Å². The number of phenolic OH excluding ortho intramolecular Hbond substituents is 2. The Morgan fingerprint density at radius 1 is 1.00 bits per heavy atom. The first-order valence-electron chi connectivity index (χ1n) is 10.8. The SMILES string of the molecule is Cn1c(=O)c2c(-c3ccc(Cl)cc3)n3c(c2n(C)c1=O)[C@@H](c1ccc(O)c(O)c1)OCC3(C)C. The summed E-state index contributed by atoms with van der Waals surface area (Å²) in [5, 5.41) is 20.9. The lowest BCUT2D eigenvalue weighted by atomic mass is 9.97. The van der Waals surface area contributed by atoms with Gasteiger partial charge in [-0.2, -0.15) is 0 Å². The summed E-state index contributed by atoms with van der Waals surface area (Å²) < 4.78 is 10.9. The first kappa shape index (κ1) is 22.3. The van der Waals surface area contributed by atoms with E-state index in [0.717, 1.165) is 10.1 Å². The van der Waals surface area contributed by atoms with Gasteiger partial charge in [-0.25, -0.2) is 4.79 Å². The smallest absolute Gasteiger partial charge is 0.331 e. The summed E-state index contributed by atoms with van der Waals surface area (Å²) in [7, 11) is 3.09. The van der Waals surface area contributed by atoms with Crippen molar-refractivity contribution in [3.63, 3.8) is 0 Å². The highest BCUT2D eigenvalue weighted by Gasteiger charge is 2.40. The Bertz CT molecular complexity index is 1580. The zero-order valence-corrected chi connectivity index (χ0v) is 19.9. The van der Waals surface area contributed by atoms with Gasteiger partial charge in [0.05, 0.1) is 34.4 Å². The maximum Gasteiger partial charge on any atom is 0.331 e. The third-order valence-corrected chi connectivity index (χ3v) is 6.74. The van der Waals surface area contributed by atoms with E-state index in [9.17, 15) is 19.8 Å². The highest BCUT2D eigenvalue weighted by molar-refractivity contribution is 6.30. The van der Waals surface area contributed by atoms with Gasteiger partial charge >= 0.3 is 5.69 Å². The molecule has 0 unspecified atom stereocenters. The fourth-order valence-corrected chi connectivity index (χ4v) is 4.96. The summed E-state index contributed by atoms with van der Waals surface area (Å²) in [5.74, 6) is -0.528. The molecule has 2 aromatic carbocycles. The van der Waals surface area contributed by atoms with Crippen LogP contribution in [-0.4, -0.2) is 30.5 Å². The van der Waals surface area contributed by atoms with Gasteiger partial charge in [-0.05, 0) is 49.2 Å². The molecule has 0 amide bonds. The largest absolute Gasteiger partial charge is 0.504 e. The Morgan fingerprint density at radius 2 is 1.68 bits per heavy atom. The van der Waals surface area contributed by atoms with Crippen molar-refractivity contribution in [1.82, 2.24) is 13.7 Å². The average Bonchev–Trinajstić information content (AvgIpc) is 3.16. The lowest BCUT2D eigenvalue weighted by Gasteiger charge is -2.39. The second-order valence-corrected chi connectivity index (χ2v) is 9.69. The van der Waals surface area contributed by atoms with Crippen LogP contribution in [0.2, 0.25) is 5.02 Å². The van der Waals surface area contributed by atoms with Gasteiger partial charge in [0, 0.05) is 19.1 Å². The van der Waals surface area contributed by atoms with Crippen molar-refractivity contribution in [2.24, 2.45) is 14.1 Å². The molecule has 8 nitrogen and oxygen atoms in total. The number of hydrogen-bond acceptors (Lipinski definition) is 5. The van der Waals surface area contributed by atoms with Gasteiger partial charge in [0.15, 0.2) is 11.5 Å². The number of aromatic hydroxyl groups is 2. The van der Waals surface area contributed by atoms with E-state index in [1.54, 1.807) is 25.2 Å². The van der Waals surface area contributed by atoms with Crippen LogP contribution < -0.4 is 11.2 Å². The molecule has 34 heavy (non-hydrogen) atoms. The Balaban J connectivity index is 1.99. The molecule has 3 heterocycles. The topological polar surface area (TPSA) is 98.6 Å². The van der Waals surface area contributed by atoms with E-state index >= 15 is 0 Å². The number of rotatable bonds is 2. The van der Waals surface area contributed by atoms with E-state index in [1.807, 2.05) is 26.0 Å². The molecule has 0 saturated heterocycles. The number of aromatic nitrogens is 3. The first-order valence-corrected chi connectivity index (χ1v) is 11.1. The second-order valence-electron chi connectivity index (χ2n) is 9.26. The van der Waals surface area contributed by atoms with Crippen LogP contribution in [0, 0.1) is 0 Å². The van der Waals surface area contributed by atoms with E-state index < -0.39 is 22.9 Å². The van der Waals surface area contributed by atoms with Gasteiger partial charge < -0.3 is 19.5 Å². The normalized spacial score (nSPS) is 17.1. The monoisotopic (exact) mass is 481 g/mol. The summed E-state index contributed by atoms with van der Waals surface area (Å²) in [4.78, 5) is 26.5. The van der Waals surface area contributed by atoms with Crippen LogP contribution in [0.3, 0.4) is 0 Å². The summed E-state index contributed by atoms with van der Waals surface area (Å²) in [6.07, 6.45) is -0.694. The van der Waals surface area contributed by atoms with E-state index in [0.29, 0.717) is 39.5 Å². The molecular formula is C25H24ClN3O5. The molecule has 0 fully saturated rings. The zero-order chi connectivity index (χ0) is 24.5. The molecule has 5 rings (SSSR count). The highest BCUT2D eigenvalue weighted by atomic mass is 35.5. The maximum absolute atomic E-state index is 13.5. The van der Waals surface area contributed by atoms with Crippen molar-refractivity contribution >= 4 is 22.5 Å². The lowest BCUT2D eigenvalue weighted by Crippen LogP contribution is -2.40. The van der Waals surface area contributed by atoms with Gasteiger partial charge in [-0.15, -0.1) is 0 Å². The molecule has 1 atom stereocenters. The van der Waals surface area contributed by atoms with E-state index in [1.165, 1.54) is 23.7 Å². The molecule has 2 N–H and O–H groups in total. The van der Waals surface area contributed by atoms with Crippen LogP contribution in [0.1, 0.15) is 31.2 Å². The van der Waals surface area contributed by atoms with Crippen molar-refractivity contribution in [2.75, 3.05) is 6.61 Å².